The Balaban J connectivity index is 2.32. The number of hydrogen-bond acceptors (Lipinski definition) is 6. The standard InChI is InChI=1S/C11H16N2O5S2/c12-10-8-9(2-3-11(10)14)20(17,18)13-4-1-6-19(15,16)7-5-13/h2-3,8,14H,1,4-7,12H2. The van der Waals surface area contributed by atoms with E-state index in [-0.39, 0.29) is 47.3 Å². The van der Waals surface area contributed by atoms with Crippen molar-refractivity contribution in [2.45, 2.75) is 11.3 Å². The van der Waals surface area contributed by atoms with Crippen LogP contribution in [0, 0.1) is 0 Å². The lowest BCUT2D eigenvalue weighted by atomic mass is 10.3. The average Bonchev–Trinajstić information content (AvgIpc) is 2.54. The molecule has 0 radical (unpaired) electrons. The molecule has 1 heterocycles. The largest absolute Gasteiger partial charge is 0.506 e. The zero-order valence-corrected chi connectivity index (χ0v) is 12.3. The number of phenolic OH excluding ortho intramolecular Hbond substituents is 1. The van der Waals surface area contributed by atoms with Crippen LogP contribution in [-0.4, -0.2) is 50.8 Å². The Bertz CT molecular complexity index is 712. The highest BCUT2D eigenvalue weighted by molar-refractivity contribution is 7.91. The minimum Gasteiger partial charge on any atom is -0.506 e. The van der Waals surface area contributed by atoms with Crippen molar-refractivity contribution in [1.29, 1.82) is 0 Å². The van der Waals surface area contributed by atoms with E-state index in [2.05, 4.69) is 0 Å². The van der Waals surface area contributed by atoms with Gasteiger partial charge in [0.15, 0.2) is 9.84 Å². The van der Waals surface area contributed by atoms with Crippen LogP contribution in [0.15, 0.2) is 23.1 Å². The van der Waals surface area contributed by atoms with E-state index in [0.717, 1.165) is 4.31 Å². The smallest absolute Gasteiger partial charge is 0.243 e. The van der Waals surface area contributed by atoms with E-state index >= 15 is 0 Å². The summed E-state index contributed by atoms with van der Waals surface area (Å²) in [5.74, 6) is -0.376. The number of sulfonamides is 1. The van der Waals surface area contributed by atoms with Crippen LogP contribution in [0.3, 0.4) is 0 Å². The Morgan fingerprint density at radius 3 is 2.55 bits per heavy atom. The molecule has 1 saturated heterocycles. The minimum atomic E-state index is -3.80. The van der Waals surface area contributed by atoms with Crippen LogP contribution in [-0.2, 0) is 19.9 Å². The molecule has 1 aliphatic heterocycles. The quantitative estimate of drug-likeness (QED) is 0.575. The Morgan fingerprint density at radius 2 is 1.90 bits per heavy atom. The summed E-state index contributed by atoms with van der Waals surface area (Å²) in [6.07, 6.45) is 0.273. The van der Waals surface area contributed by atoms with Crippen molar-refractivity contribution in [2.75, 3.05) is 30.3 Å². The molecule has 7 nitrogen and oxygen atoms in total. The van der Waals surface area contributed by atoms with Gasteiger partial charge in [0.1, 0.15) is 5.75 Å². The molecule has 3 N–H and O–H groups in total. The maximum absolute atomic E-state index is 12.4. The monoisotopic (exact) mass is 320 g/mol. The molecule has 0 bridgehead atoms. The van der Waals surface area contributed by atoms with Gasteiger partial charge in [0.05, 0.1) is 22.1 Å². The second-order valence-electron chi connectivity index (χ2n) is 4.63. The number of phenols is 1. The molecular weight excluding hydrogens is 304 g/mol. The van der Waals surface area contributed by atoms with Crippen molar-refractivity contribution in [3.8, 4) is 5.75 Å². The summed E-state index contributed by atoms with van der Waals surface area (Å²) in [5, 5.41) is 9.32. The van der Waals surface area contributed by atoms with E-state index in [1.165, 1.54) is 18.2 Å². The van der Waals surface area contributed by atoms with Crippen molar-refractivity contribution in [3.63, 3.8) is 0 Å². The first kappa shape index (κ1) is 15.1. The number of nitrogens with two attached hydrogens (primary N) is 1. The average molecular weight is 320 g/mol. The maximum Gasteiger partial charge on any atom is 0.243 e. The molecule has 0 aromatic heterocycles. The summed E-state index contributed by atoms with van der Waals surface area (Å²) in [6, 6.07) is 3.63. The molecule has 112 valence electrons. The molecule has 0 amide bonds. The van der Waals surface area contributed by atoms with Gasteiger partial charge in [-0.15, -0.1) is 0 Å². The number of aromatic hydroxyl groups is 1. The fraction of sp³-hybridized carbons (Fsp3) is 0.455. The maximum atomic E-state index is 12.4. The van der Waals surface area contributed by atoms with E-state index in [9.17, 15) is 21.9 Å². The van der Waals surface area contributed by atoms with Crippen LogP contribution in [0.5, 0.6) is 5.75 Å². The topological polar surface area (TPSA) is 118 Å². The zero-order valence-electron chi connectivity index (χ0n) is 10.7. The number of benzene rings is 1. The highest BCUT2D eigenvalue weighted by Crippen LogP contribution is 2.25. The number of rotatable bonds is 2. The lowest BCUT2D eigenvalue weighted by molar-refractivity contribution is 0.434. The summed E-state index contributed by atoms with van der Waals surface area (Å²) in [4.78, 5) is -0.0490. The summed E-state index contributed by atoms with van der Waals surface area (Å²) in [7, 11) is -6.98. The van der Waals surface area contributed by atoms with Crippen LogP contribution < -0.4 is 5.73 Å². The van der Waals surface area contributed by atoms with Crippen molar-refractivity contribution in [3.05, 3.63) is 18.2 Å². The predicted octanol–water partition coefficient (Wildman–Crippen LogP) is -0.216. The molecule has 0 aliphatic carbocycles. The normalized spacial score (nSPS) is 20.4. The van der Waals surface area contributed by atoms with Crippen molar-refractivity contribution < 1.29 is 21.9 Å². The minimum absolute atomic E-state index is 0.00324. The van der Waals surface area contributed by atoms with Crippen LogP contribution in [0.4, 0.5) is 5.69 Å². The second-order valence-corrected chi connectivity index (χ2v) is 8.87. The first-order valence-electron chi connectivity index (χ1n) is 6.01. The molecule has 1 fully saturated rings. The van der Waals surface area contributed by atoms with Gasteiger partial charge in [-0.25, -0.2) is 16.8 Å². The SMILES string of the molecule is Nc1cc(S(=O)(=O)N2CCCS(=O)(=O)CC2)ccc1O. The first-order valence-corrected chi connectivity index (χ1v) is 9.27. The fourth-order valence-electron chi connectivity index (χ4n) is 2.00. The lowest BCUT2D eigenvalue weighted by Crippen LogP contribution is -2.33. The van der Waals surface area contributed by atoms with Gasteiger partial charge in [-0.1, -0.05) is 0 Å². The van der Waals surface area contributed by atoms with Gasteiger partial charge in [0, 0.05) is 13.1 Å². The van der Waals surface area contributed by atoms with E-state index < -0.39 is 19.9 Å². The Kier molecular flexibility index (Phi) is 3.94. The van der Waals surface area contributed by atoms with Crippen LogP contribution in [0.1, 0.15) is 6.42 Å². The molecule has 0 spiro atoms. The summed E-state index contributed by atoms with van der Waals surface area (Å²) < 4.78 is 49.0. The summed E-state index contributed by atoms with van der Waals surface area (Å²) >= 11 is 0. The van der Waals surface area contributed by atoms with Gasteiger partial charge in [-0.05, 0) is 24.6 Å². The van der Waals surface area contributed by atoms with E-state index in [0.29, 0.717) is 0 Å². The Hall–Kier alpha value is -1.32. The third-order valence-corrected chi connectivity index (χ3v) is 6.76. The van der Waals surface area contributed by atoms with Crippen molar-refractivity contribution >= 4 is 25.5 Å². The van der Waals surface area contributed by atoms with Gasteiger partial charge in [-0.3, -0.25) is 0 Å². The van der Waals surface area contributed by atoms with Crippen molar-refractivity contribution in [1.82, 2.24) is 4.31 Å². The molecule has 0 atom stereocenters. The zero-order chi connectivity index (χ0) is 15.0. The summed E-state index contributed by atoms with van der Waals surface area (Å²) in [6.45, 7) is 0.0911. The molecule has 2 rings (SSSR count). The third kappa shape index (κ3) is 3.05. The molecular formula is C11H16N2O5S2. The van der Waals surface area contributed by atoms with E-state index in [1.54, 1.807) is 0 Å². The van der Waals surface area contributed by atoms with Crippen LogP contribution >= 0.6 is 0 Å². The van der Waals surface area contributed by atoms with Gasteiger partial charge in [0.25, 0.3) is 0 Å². The van der Waals surface area contributed by atoms with Crippen molar-refractivity contribution in [2.24, 2.45) is 0 Å². The van der Waals surface area contributed by atoms with E-state index in [1.807, 2.05) is 0 Å². The highest BCUT2D eigenvalue weighted by Gasteiger charge is 2.29. The molecule has 9 heteroatoms. The molecule has 20 heavy (non-hydrogen) atoms. The number of anilines is 1. The van der Waals surface area contributed by atoms with Gasteiger partial charge < -0.3 is 10.8 Å². The Labute approximate surface area is 118 Å². The molecule has 1 aromatic rings. The third-order valence-electron chi connectivity index (χ3n) is 3.15. The van der Waals surface area contributed by atoms with Gasteiger partial charge >= 0.3 is 0 Å². The van der Waals surface area contributed by atoms with Gasteiger partial charge in [0.2, 0.25) is 10.0 Å². The lowest BCUT2D eigenvalue weighted by Gasteiger charge is -2.19. The molecule has 0 unspecified atom stereocenters. The first-order chi connectivity index (χ1) is 9.22. The highest BCUT2D eigenvalue weighted by atomic mass is 32.2. The number of nitrogens with zero attached hydrogens (tertiary/aromatic N) is 1. The fourth-order valence-corrected chi connectivity index (χ4v) is 4.90. The van der Waals surface area contributed by atoms with E-state index in [4.69, 9.17) is 5.73 Å². The van der Waals surface area contributed by atoms with Crippen LogP contribution in [0.25, 0.3) is 0 Å². The molecule has 0 saturated carbocycles. The predicted molar refractivity (Wildman–Crippen MR) is 74.5 cm³/mol. The number of hydrogen-bond donors (Lipinski definition) is 2. The van der Waals surface area contributed by atoms with Gasteiger partial charge in [-0.2, -0.15) is 4.31 Å². The molecule has 1 aromatic carbocycles. The number of nitrogen functional groups attached to an aromatic ring is 1. The second kappa shape index (κ2) is 5.23. The van der Waals surface area contributed by atoms with Crippen LogP contribution in [0.2, 0.25) is 0 Å². The summed E-state index contributed by atoms with van der Waals surface area (Å²) in [5.41, 5.74) is 5.46. The number of sulfone groups is 1. The molecule has 1 aliphatic rings. The Morgan fingerprint density at radius 1 is 1.20 bits per heavy atom.